The number of methoxy groups -OCH3 is 3. The average Bonchev–Trinajstić information content (AvgIpc) is 2.59. The Morgan fingerprint density at radius 2 is 1.50 bits per heavy atom. The first-order valence-electron chi connectivity index (χ1n) is 7.24. The van der Waals surface area contributed by atoms with Gasteiger partial charge in [0.2, 0.25) is 0 Å². The molecule has 0 heterocycles. The Morgan fingerprint density at radius 1 is 0.818 bits per heavy atom. The van der Waals surface area contributed by atoms with E-state index in [2.05, 4.69) is 30.1 Å². The normalized spacial score (nSPS) is 10.2. The molecular weight excluding hydrogens is 278 g/mol. The van der Waals surface area contributed by atoms with Crippen molar-refractivity contribution in [1.29, 1.82) is 0 Å². The van der Waals surface area contributed by atoms with Crippen LogP contribution in [0.1, 0.15) is 5.56 Å². The molecule has 2 aromatic carbocycles. The molecule has 2 rings (SSSR count). The SMILES string of the molecule is COc1ccc(N(C)CCc2ccc(OC)c(OC)c2)cc1. The van der Waals surface area contributed by atoms with Crippen LogP contribution in [0.15, 0.2) is 42.5 Å². The molecule has 0 atom stereocenters. The quantitative estimate of drug-likeness (QED) is 0.784. The van der Waals surface area contributed by atoms with E-state index >= 15 is 0 Å². The number of hydrogen-bond acceptors (Lipinski definition) is 4. The van der Waals surface area contributed by atoms with Gasteiger partial charge in [0.25, 0.3) is 0 Å². The first-order valence-corrected chi connectivity index (χ1v) is 7.24. The van der Waals surface area contributed by atoms with Crippen LogP contribution in [-0.2, 0) is 6.42 Å². The van der Waals surface area contributed by atoms with Gasteiger partial charge in [-0.25, -0.2) is 0 Å². The molecule has 2 aromatic rings. The Labute approximate surface area is 132 Å². The van der Waals surface area contributed by atoms with Gasteiger partial charge in [0.05, 0.1) is 21.3 Å². The standard InChI is InChI=1S/C18H23NO3/c1-19(15-6-8-16(20-2)9-7-15)12-11-14-5-10-17(21-3)18(13-14)22-4/h5-10,13H,11-12H2,1-4H3. The number of rotatable bonds is 7. The number of anilines is 1. The van der Waals surface area contributed by atoms with E-state index in [1.807, 2.05) is 24.3 Å². The maximum Gasteiger partial charge on any atom is 0.160 e. The summed E-state index contributed by atoms with van der Waals surface area (Å²) in [5, 5.41) is 0. The third-order valence-electron chi connectivity index (χ3n) is 3.70. The van der Waals surface area contributed by atoms with Gasteiger partial charge in [0.15, 0.2) is 11.5 Å². The first kappa shape index (κ1) is 16.0. The van der Waals surface area contributed by atoms with Gasteiger partial charge in [0, 0.05) is 19.3 Å². The molecule has 0 bridgehead atoms. The summed E-state index contributed by atoms with van der Waals surface area (Å²) in [5.41, 5.74) is 2.39. The van der Waals surface area contributed by atoms with Gasteiger partial charge in [-0.1, -0.05) is 6.07 Å². The molecule has 0 aliphatic heterocycles. The van der Waals surface area contributed by atoms with Gasteiger partial charge in [-0.3, -0.25) is 0 Å². The minimum Gasteiger partial charge on any atom is -0.497 e. The van der Waals surface area contributed by atoms with Gasteiger partial charge < -0.3 is 19.1 Å². The van der Waals surface area contributed by atoms with Crippen molar-refractivity contribution in [1.82, 2.24) is 0 Å². The monoisotopic (exact) mass is 301 g/mol. The van der Waals surface area contributed by atoms with E-state index in [0.29, 0.717) is 0 Å². The van der Waals surface area contributed by atoms with Crippen molar-refractivity contribution in [2.75, 3.05) is 39.8 Å². The highest BCUT2D eigenvalue weighted by atomic mass is 16.5. The van der Waals surface area contributed by atoms with Crippen molar-refractivity contribution >= 4 is 5.69 Å². The smallest absolute Gasteiger partial charge is 0.160 e. The fourth-order valence-electron chi connectivity index (χ4n) is 2.30. The van der Waals surface area contributed by atoms with Gasteiger partial charge >= 0.3 is 0 Å². The second kappa shape index (κ2) is 7.59. The summed E-state index contributed by atoms with van der Waals surface area (Å²) >= 11 is 0. The Hall–Kier alpha value is -2.36. The molecule has 0 aliphatic rings. The maximum atomic E-state index is 5.34. The molecule has 0 spiro atoms. The summed E-state index contributed by atoms with van der Waals surface area (Å²) in [5.74, 6) is 2.40. The first-order chi connectivity index (χ1) is 10.7. The molecule has 0 radical (unpaired) electrons. The van der Waals surface area contributed by atoms with Crippen LogP contribution in [0.2, 0.25) is 0 Å². The molecule has 0 saturated heterocycles. The Morgan fingerprint density at radius 3 is 2.09 bits per heavy atom. The second-order valence-electron chi connectivity index (χ2n) is 5.06. The largest absolute Gasteiger partial charge is 0.497 e. The summed E-state index contributed by atoms with van der Waals surface area (Å²) in [6, 6.07) is 14.1. The van der Waals surface area contributed by atoms with Crippen LogP contribution in [0.3, 0.4) is 0 Å². The molecule has 0 aromatic heterocycles. The number of ether oxygens (including phenoxy) is 3. The number of likely N-dealkylation sites (N-methyl/N-ethyl adjacent to an activating group) is 1. The maximum absolute atomic E-state index is 5.34. The highest BCUT2D eigenvalue weighted by Crippen LogP contribution is 2.28. The van der Waals surface area contributed by atoms with E-state index in [1.54, 1.807) is 21.3 Å². The average molecular weight is 301 g/mol. The summed E-state index contributed by atoms with van der Waals surface area (Å²) in [6.45, 7) is 0.918. The number of hydrogen-bond donors (Lipinski definition) is 0. The van der Waals surface area contributed by atoms with Gasteiger partial charge in [-0.15, -0.1) is 0 Å². The topological polar surface area (TPSA) is 30.9 Å². The van der Waals surface area contributed by atoms with Crippen LogP contribution in [0.4, 0.5) is 5.69 Å². The molecule has 0 N–H and O–H groups in total. The Balaban J connectivity index is 1.99. The lowest BCUT2D eigenvalue weighted by Crippen LogP contribution is -2.20. The predicted molar refractivity (Wildman–Crippen MR) is 89.5 cm³/mol. The lowest BCUT2D eigenvalue weighted by atomic mass is 10.1. The zero-order valence-corrected chi connectivity index (χ0v) is 13.6. The Kier molecular flexibility index (Phi) is 5.53. The summed E-state index contributed by atoms with van der Waals surface area (Å²) < 4.78 is 15.8. The summed E-state index contributed by atoms with van der Waals surface area (Å²) in [6.07, 6.45) is 0.933. The molecule has 0 unspecified atom stereocenters. The van der Waals surface area contributed by atoms with E-state index in [1.165, 1.54) is 11.3 Å². The lowest BCUT2D eigenvalue weighted by molar-refractivity contribution is 0.354. The summed E-state index contributed by atoms with van der Waals surface area (Å²) in [4.78, 5) is 2.22. The van der Waals surface area contributed by atoms with E-state index < -0.39 is 0 Å². The highest BCUT2D eigenvalue weighted by molar-refractivity contribution is 5.49. The van der Waals surface area contributed by atoms with Crippen molar-refractivity contribution < 1.29 is 14.2 Å². The van der Waals surface area contributed by atoms with Gasteiger partial charge in [-0.2, -0.15) is 0 Å². The van der Waals surface area contributed by atoms with E-state index in [-0.39, 0.29) is 0 Å². The highest BCUT2D eigenvalue weighted by Gasteiger charge is 2.06. The van der Waals surface area contributed by atoms with Crippen LogP contribution in [0.5, 0.6) is 17.2 Å². The van der Waals surface area contributed by atoms with E-state index in [0.717, 1.165) is 30.2 Å². The third-order valence-corrected chi connectivity index (χ3v) is 3.70. The van der Waals surface area contributed by atoms with E-state index in [4.69, 9.17) is 14.2 Å². The van der Waals surface area contributed by atoms with Crippen LogP contribution >= 0.6 is 0 Å². The van der Waals surface area contributed by atoms with Gasteiger partial charge in [-0.05, 0) is 48.4 Å². The fourth-order valence-corrected chi connectivity index (χ4v) is 2.30. The van der Waals surface area contributed by atoms with Crippen molar-refractivity contribution in [3.63, 3.8) is 0 Å². The molecule has 4 nitrogen and oxygen atoms in total. The van der Waals surface area contributed by atoms with Crippen molar-refractivity contribution in [3.8, 4) is 17.2 Å². The van der Waals surface area contributed by atoms with Crippen LogP contribution in [-0.4, -0.2) is 34.9 Å². The number of nitrogens with zero attached hydrogens (tertiary/aromatic N) is 1. The lowest BCUT2D eigenvalue weighted by Gasteiger charge is -2.20. The van der Waals surface area contributed by atoms with Crippen molar-refractivity contribution in [2.45, 2.75) is 6.42 Å². The molecule has 0 fully saturated rings. The molecular formula is C18H23NO3. The Bertz CT molecular complexity index is 596. The van der Waals surface area contributed by atoms with Crippen LogP contribution < -0.4 is 19.1 Å². The minimum absolute atomic E-state index is 0.759. The molecule has 118 valence electrons. The fraction of sp³-hybridized carbons (Fsp3) is 0.333. The molecule has 22 heavy (non-hydrogen) atoms. The number of benzene rings is 2. The molecule has 4 heteroatoms. The zero-order valence-electron chi connectivity index (χ0n) is 13.6. The minimum atomic E-state index is 0.759. The van der Waals surface area contributed by atoms with Crippen molar-refractivity contribution in [3.05, 3.63) is 48.0 Å². The second-order valence-corrected chi connectivity index (χ2v) is 5.06. The van der Waals surface area contributed by atoms with Crippen LogP contribution in [0, 0.1) is 0 Å². The van der Waals surface area contributed by atoms with Crippen LogP contribution in [0.25, 0.3) is 0 Å². The van der Waals surface area contributed by atoms with E-state index in [9.17, 15) is 0 Å². The summed E-state index contributed by atoms with van der Waals surface area (Å²) in [7, 11) is 7.07. The van der Waals surface area contributed by atoms with Gasteiger partial charge in [0.1, 0.15) is 5.75 Å². The molecule has 0 amide bonds. The molecule has 0 aliphatic carbocycles. The van der Waals surface area contributed by atoms with Crippen molar-refractivity contribution in [2.24, 2.45) is 0 Å². The molecule has 0 saturated carbocycles. The zero-order chi connectivity index (χ0) is 15.9. The third kappa shape index (κ3) is 3.85. The predicted octanol–water partition coefficient (Wildman–Crippen LogP) is 3.39.